The minimum absolute atomic E-state index is 0.123. The van der Waals surface area contributed by atoms with E-state index < -0.39 is 11.8 Å². The molecular weight excluding hydrogens is 446 g/mol. The molecule has 3 aromatic rings. The normalized spacial score (nSPS) is 11.2. The SMILES string of the molecule is CC(C)c1ccc(/C=C(\NC(=O)c2ccccc2)C(=O)Nc2ccc(SCC(N)=O)cc2)cc1. The van der Waals surface area contributed by atoms with Crippen molar-refractivity contribution in [1.82, 2.24) is 5.32 Å². The molecule has 0 bridgehead atoms. The molecule has 0 aliphatic rings. The molecule has 3 aromatic carbocycles. The van der Waals surface area contributed by atoms with Crippen molar-refractivity contribution in [2.75, 3.05) is 11.1 Å². The highest BCUT2D eigenvalue weighted by atomic mass is 32.2. The second-order valence-corrected chi connectivity index (χ2v) is 8.98. The van der Waals surface area contributed by atoms with Crippen LogP contribution in [-0.4, -0.2) is 23.5 Å². The summed E-state index contributed by atoms with van der Waals surface area (Å²) in [5.74, 6) is -0.649. The molecule has 6 nitrogen and oxygen atoms in total. The van der Waals surface area contributed by atoms with Crippen LogP contribution in [0.15, 0.2) is 89.5 Å². The van der Waals surface area contributed by atoms with Gasteiger partial charge in [-0.15, -0.1) is 11.8 Å². The molecule has 0 aliphatic carbocycles. The largest absolute Gasteiger partial charge is 0.369 e. The first-order valence-electron chi connectivity index (χ1n) is 10.8. The summed E-state index contributed by atoms with van der Waals surface area (Å²) in [7, 11) is 0. The maximum Gasteiger partial charge on any atom is 0.272 e. The summed E-state index contributed by atoms with van der Waals surface area (Å²) < 4.78 is 0. The van der Waals surface area contributed by atoms with E-state index in [4.69, 9.17) is 5.73 Å². The molecule has 174 valence electrons. The fourth-order valence-electron chi connectivity index (χ4n) is 3.07. The predicted octanol–water partition coefficient (Wildman–Crippen LogP) is 4.80. The van der Waals surface area contributed by atoms with Gasteiger partial charge in [-0.25, -0.2) is 0 Å². The van der Waals surface area contributed by atoms with Crippen LogP contribution >= 0.6 is 11.8 Å². The van der Waals surface area contributed by atoms with Crippen LogP contribution in [0.5, 0.6) is 0 Å². The Hall–Kier alpha value is -3.84. The summed E-state index contributed by atoms with van der Waals surface area (Å²) in [4.78, 5) is 37.7. The van der Waals surface area contributed by atoms with E-state index in [1.807, 2.05) is 30.3 Å². The lowest BCUT2D eigenvalue weighted by atomic mass is 10.0. The number of amides is 3. The van der Waals surface area contributed by atoms with Crippen LogP contribution in [0, 0.1) is 0 Å². The van der Waals surface area contributed by atoms with Crippen molar-refractivity contribution in [1.29, 1.82) is 0 Å². The van der Waals surface area contributed by atoms with Crippen LogP contribution < -0.4 is 16.4 Å². The van der Waals surface area contributed by atoms with Crippen molar-refractivity contribution in [3.63, 3.8) is 0 Å². The molecule has 3 rings (SSSR count). The Kier molecular flexibility index (Phi) is 8.65. The molecular formula is C27H27N3O3S. The third kappa shape index (κ3) is 7.35. The van der Waals surface area contributed by atoms with Crippen LogP contribution in [0.1, 0.15) is 41.3 Å². The summed E-state index contributed by atoms with van der Waals surface area (Å²) in [6.07, 6.45) is 1.65. The molecule has 0 saturated heterocycles. The van der Waals surface area contributed by atoms with Gasteiger partial charge in [-0.3, -0.25) is 14.4 Å². The summed E-state index contributed by atoms with van der Waals surface area (Å²) in [6, 6.07) is 23.6. The van der Waals surface area contributed by atoms with Crippen LogP contribution in [-0.2, 0) is 9.59 Å². The molecule has 0 radical (unpaired) electrons. The number of rotatable bonds is 9. The molecule has 0 heterocycles. The highest BCUT2D eigenvalue weighted by molar-refractivity contribution is 8.00. The standard InChI is InChI=1S/C27H27N3O3S/c1-18(2)20-10-8-19(9-11-20)16-24(30-26(32)21-6-4-3-5-7-21)27(33)29-22-12-14-23(15-13-22)34-17-25(28)31/h3-16,18H,17H2,1-2H3,(H2,28,31)(H,29,33)(H,30,32)/b24-16-. The minimum atomic E-state index is -0.449. The highest BCUT2D eigenvalue weighted by Crippen LogP contribution is 2.21. The number of benzene rings is 3. The Morgan fingerprint density at radius 2 is 1.56 bits per heavy atom. The Balaban J connectivity index is 1.81. The molecule has 0 spiro atoms. The van der Waals surface area contributed by atoms with Gasteiger partial charge in [0.2, 0.25) is 5.91 Å². The van der Waals surface area contributed by atoms with Crippen LogP contribution in [0.4, 0.5) is 5.69 Å². The van der Waals surface area contributed by atoms with Gasteiger partial charge in [0.05, 0.1) is 5.75 Å². The smallest absolute Gasteiger partial charge is 0.272 e. The van der Waals surface area contributed by atoms with Gasteiger partial charge in [0.25, 0.3) is 11.8 Å². The average Bonchev–Trinajstić information content (AvgIpc) is 2.84. The Bertz CT molecular complexity index is 1170. The number of thioether (sulfide) groups is 1. The molecule has 0 fully saturated rings. The van der Waals surface area contributed by atoms with E-state index in [1.54, 1.807) is 54.6 Å². The van der Waals surface area contributed by atoms with Gasteiger partial charge in [0, 0.05) is 16.1 Å². The third-order valence-electron chi connectivity index (χ3n) is 4.94. The van der Waals surface area contributed by atoms with Gasteiger partial charge in [0.1, 0.15) is 5.70 Å². The zero-order valence-corrected chi connectivity index (χ0v) is 19.9. The first-order chi connectivity index (χ1) is 16.3. The topological polar surface area (TPSA) is 101 Å². The lowest BCUT2D eigenvalue weighted by Crippen LogP contribution is -2.30. The lowest BCUT2D eigenvalue weighted by Gasteiger charge is -2.12. The van der Waals surface area contributed by atoms with E-state index in [1.165, 1.54) is 17.3 Å². The maximum atomic E-state index is 13.1. The monoisotopic (exact) mass is 473 g/mol. The fraction of sp³-hybridized carbons (Fsp3) is 0.148. The number of hydrogen-bond acceptors (Lipinski definition) is 4. The molecule has 0 aromatic heterocycles. The predicted molar refractivity (Wildman–Crippen MR) is 137 cm³/mol. The first kappa shape index (κ1) is 24.8. The summed E-state index contributed by atoms with van der Waals surface area (Å²) in [5, 5.41) is 5.56. The van der Waals surface area contributed by atoms with Gasteiger partial charge in [0.15, 0.2) is 0 Å². The minimum Gasteiger partial charge on any atom is -0.369 e. The van der Waals surface area contributed by atoms with Crippen molar-refractivity contribution in [2.24, 2.45) is 5.73 Å². The Morgan fingerprint density at radius 1 is 0.912 bits per heavy atom. The summed E-state index contributed by atoms with van der Waals surface area (Å²) in [6.45, 7) is 4.23. The third-order valence-corrected chi connectivity index (χ3v) is 5.97. The Labute approximate surface area is 203 Å². The van der Waals surface area contributed by atoms with Crippen LogP contribution in [0.2, 0.25) is 0 Å². The number of nitrogens with one attached hydrogen (secondary N) is 2. The zero-order chi connectivity index (χ0) is 24.5. The van der Waals surface area contributed by atoms with E-state index in [9.17, 15) is 14.4 Å². The van der Waals surface area contributed by atoms with Crippen molar-refractivity contribution < 1.29 is 14.4 Å². The number of anilines is 1. The second kappa shape index (κ2) is 11.9. The quantitative estimate of drug-likeness (QED) is 0.307. The first-order valence-corrected chi connectivity index (χ1v) is 11.8. The lowest BCUT2D eigenvalue weighted by molar-refractivity contribution is -0.115. The van der Waals surface area contributed by atoms with Gasteiger partial charge in [-0.2, -0.15) is 0 Å². The Morgan fingerprint density at radius 3 is 2.15 bits per heavy atom. The van der Waals surface area contributed by atoms with Gasteiger partial charge >= 0.3 is 0 Å². The van der Waals surface area contributed by atoms with E-state index in [0.29, 0.717) is 17.2 Å². The molecule has 4 N–H and O–H groups in total. The number of carbonyl (C=O) groups excluding carboxylic acids is 3. The fourth-order valence-corrected chi connectivity index (χ4v) is 3.71. The van der Waals surface area contributed by atoms with Crippen molar-refractivity contribution in [3.05, 3.63) is 101 Å². The van der Waals surface area contributed by atoms with E-state index >= 15 is 0 Å². The van der Waals surface area contributed by atoms with Crippen LogP contribution in [0.3, 0.4) is 0 Å². The highest BCUT2D eigenvalue weighted by Gasteiger charge is 2.15. The molecule has 0 aliphatic heterocycles. The molecule has 0 unspecified atom stereocenters. The molecule has 7 heteroatoms. The van der Waals surface area contributed by atoms with E-state index in [-0.39, 0.29) is 17.4 Å². The average molecular weight is 474 g/mol. The van der Waals surface area contributed by atoms with E-state index in [0.717, 1.165) is 10.5 Å². The second-order valence-electron chi connectivity index (χ2n) is 7.93. The number of hydrogen-bond donors (Lipinski definition) is 3. The van der Waals surface area contributed by atoms with Gasteiger partial charge < -0.3 is 16.4 Å². The van der Waals surface area contributed by atoms with Gasteiger partial charge in [-0.05, 0) is 59.5 Å². The molecule has 0 saturated carbocycles. The van der Waals surface area contributed by atoms with Gasteiger partial charge in [-0.1, -0.05) is 56.3 Å². The maximum absolute atomic E-state index is 13.1. The van der Waals surface area contributed by atoms with Crippen molar-refractivity contribution >= 4 is 41.2 Å². The van der Waals surface area contributed by atoms with Crippen molar-refractivity contribution in [2.45, 2.75) is 24.7 Å². The molecule has 3 amide bonds. The summed E-state index contributed by atoms with van der Waals surface area (Å²) in [5.41, 5.74) is 8.29. The molecule has 34 heavy (non-hydrogen) atoms. The molecule has 0 atom stereocenters. The number of carbonyl (C=O) groups is 3. The van der Waals surface area contributed by atoms with E-state index in [2.05, 4.69) is 24.5 Å². The summed E-state index contributed by atoms with van der Waals surface area (Å²) >= 11 is 1.32. The number of primary amides is 1. The van der Waals surface area contributed by atoms with Crippen molar-refractivity contribution in [3.8, 4) is 0 Å². The number of nitrogens with two attached hydrogens (primary N) is 1. The van der Waals surface area contributed by atoms with Crippen LogP contribution in [0.25, 0.3) is 6.08 Å². The zero-order valence-electron chi connectivity index (χ0n) is 19.1.